The molecule has 0 aliphatic heterocycles. The van der Waals surface area contributed by atoms with E-state index >= 15 is 0 Å². The lowest BCUT2D eigenvalue weighted by molar-refractivity contribution is -0.141. The maximum Gasteiger partial charge on any atom is 0.325 e. The average Bonchev–Trinajstić information content (AvgIpc) is 2.56. The van der Waals surface area contributed by atoms with Crippen molar-refractivity contribution < 1.29 is 19.2 Å². The molecule has 0 saturated carbocycles. The molecule has 0 fully saturated rings. The molecule has 1 aromatic rings. The number of hydrogen-bond donors (Lipinski definition) is 2. The minimum Gasteiger partial charge on any atom is -0.480 e. The number of carboxylic acid groups (broad SMARTS) is 1. The largest absolute Gasteiger partial charge is 0.480 e. The van der Waals surface area contributed by atoms with Crippen molar-refractivity contribution in [2.24, 2.45) is 0 Å². The molecule has 6 nitrogen and oxygen atoms in total. The Morgan fingerprint density at radius 1 is 1.59 bits per heavy atom. The van der Waals surface area contributed by atoms with Crippen molar-refractivity contribution in [3.8, 4) is 0 Å². The second-order valence-corrected chi connectivity index (χ2v) is 3.99. The number of amides is 1. The van der Waals surface area contributed by atoms with Gasteiger partial charge in [0.05, 0.1) is 5.69 Å². The first-order chi connectivity index (χ1) is 7.91. The standard InChI is InChI=1S/C10H13ClN2O4/c1-5-7(9(11)17-13-5)3-4-8(14)12-6(2)10(15)16/h6H,3-4H2,1-2H3,(H,12,14)(H,15,16)/t6-/m1/s1. The average molecular weight is 261 g/mol. The van der Waals surface area contributed by atoms with Gasteiger partial charge in [0.15, 0.2) is 0 Å². The zero-order valence-corrected chi connectivity index (χ0v) is 10.2. The molecular weight excluding hydrogens is 248 g/mol. The Morgan fingerprint density at radius 3 is 2.71 bits per heavy atom. The molecule has 0 radical (unpaired) electrons. The number of carboxylic acids is 1. The van der Waals surface area contributed by atoms with Crippen molar-refractivity contribution in [1.29, 1.82) is 0 Å². The summed E-state index contributed by atoms with van der Waals surface area (Å²) in [6.45, 7) is 3.13. The van der Waals surface area contributed by atoms with Crippen LogP contribution in [0.25, 0.3) is 0 Å². The van der Waals surface area contributed by atoms with E-state index in [-0.39, 0.29) is 17.5 Å². The van der Waals surface area contributed by atoms with Gasteiger partial charge in [0.2, 0.25) is 11.1 Å². The summed E-state index contributed by atoms with van der Waals surface area (Å²) in [6, 6.07) is -0.901. The Kier molecular flexibility index (Phi) is 4.51. The monoisotopic (exact) mass is 260 g/mol. The Hall–Kier alpha value is -1.56. The van der Waals surface area contributed by atoms with Crippen LogP contribution < -0.4 is 5.32 Å². The predicted molar refractivity (Wildman–Crippen MR) is 59.8 cm³/mol. The van der Waals surface area contributed by atoms with Crippen LogP contribution in [0.4, 0.5) is 0 Å². The molecule has 0 aliphatic rings. The molecule has 94 valence electrons. The molecule has 1 atom stereocenters. The lowest BCUT2D eigenvalue weighted by Crippen LogP contribution is -2.38. The third kappa shape index (κ3) is 3.74. The molecule has 1 heterocycles. The summed E-state index contributed by atoms with van der Waals surface area (Å²) in [4.78, 5) is 21.9. The van der Waals surface area contributed by atoms with Crippen molar-refractivity contribution >= 4 is 23.5 Å². The van der Waals surface area contributed by atoms with Gasteiger partial charge in [-0.3, -0.25) is 9.59 Å². The highest BCUT2D eigenvalue weighted by atomic mass is 35.5. The van der Waals surface area contributed by atoms with E-state index in [9.17, 15) is 9.59 Å². The van der Waals surface area contributed by atoms with E-state index < -0.39 is 12.0 Å². The molecule has 0 unspecified atom stereocenters. The van der Waals surface area contributed by atoms with Gasteiger partial charge >= 0.3 is 5.97 Å². The van der Waals surface area contributed by atoms with Crippen LogP contribution in [0.15, 0.2) is 4.52 Å². The number of carbonyl (C=O) groups excluding carboxylic acids is 1. The van der Waals surface area contributed by atoms with Crippen molar-refractivity contribution in [3.63, 3.8) is 0 Å². The van der Waals surface area contributed by atoms with Gasteiger partial charge in [-0.15, -0.1) is 0 Å². The lowest BCUT2D eigenvalue weighted by Gasteiger charge is -2.08. The van der Waals surface area contributed by atoms with Crippen LogP contribution in [0.3, 0.4) is 0 Å². The smallest absolute Gasteiger partial charge is 0.325 e. The van der Waals surface area contributed by atoms with Gasteiger partial charge in [0.25, 0.3) is 0 Å². The Bertz CT molecular complexity index is 410. The summed E-state index contributed by atoms with van der Waals surface area (Å²) in [7, 11) is 0. The maximum atomic E-state index is 11.4. The Balaban J connectivity index is 2.46. The summed E-state index contributed by atoms with van der Waals surface area (Å²) >= 11 is 5.73. The number of nitrogens with one attached hydrogen (secondary N) is 1. The van der Waals surface area contributed by atoms with Gasteiger partial charge in [-0.2, -0.15) is 0 Å². The molecule has 1 amide bonds. The van der Waals surface area contributed by atoms with Crippen molar-refractivity contribution in [1.82, 2.24) is 10.5 Å². The highest BCUT2D eigenvalue weighted by Gasteiger charge is 2.16. The molecule has 0 aliphatic carbocycles. The number of halogens is 1. The fourth-order valence-electron chi connectivity index (χ4n) is 1.25. The van der Waals surface area contributed by atoms with E-state index in [0.29, 0.717) is 17.7 Å². The van der Waals surface area contributed by atoms with Crippen molar-refractivity contribution in [3.05, 3.63) is 16.5 Å². The van der Waals surface area contributed by atoms with Crippen molar-refractivity contribution in [2.75, 3.05) is 0 Å². The van der Waals surface area contributed by atoms with Gasteiger partial charge in [-0.1, -0.05) is 5.16 Å². The first-order valence-corrected chi connectivity index (χ1v) is 5.42. The fraction of sp³-hybridized carbons (Fsp3) is 0.500. The Morgan fingerprint density at radius 2 is 2.24 bits per heavy atom. The summed E-state index contributed by atoms with van der Waals surface area (Å²) < 4.78 is 4.74. The summed E-state index contributed by atoms with van der Waals surface area (Å²) in [6.07, 6.45) is 0.506. The third-order valence-corrected chi connectivity index (χ3v) is 2.58. The fourth-order valence-corrected chi connectivity index (χ4v) is 1.52. The first-order valence-electron chi connectivity index (χ1n) is 5.04. The van der Waals surface area contributed by atoms with Crippen LogP contribution in [-0.2, 0) is 16.0 Å². The zero-order valence-electron chi connectivity index (χ0n) is 9.49. The van der Waals surface area contributed by atoms with Gasteiger partial charge in [0.1, 0.15) is 6.04 Å². The maximum absolute atomic E-state index is 11.4. The molecule has 1 aromatic heterocycles. The number of nitrogens with zero attached hydrogens (tertiary/aromatic N) is 1. The normalized spacial score (nSPS) is 12.2. The predicted octanol–water partition coefficient (Wildman–Crippen LogP) is 1.16. The van der Waals surface area contributed by atoms with Crippen LogP contribution in [0.1, 0.15) is 24.6 Å². The van der Waals surface area contributed by atoms with E-state index in [1.165, 1.54) is 6.92 Å². The molecule has 1 rings (SSSR count). The molecule has 7 heteroatoms. The quantitative estimate of drug-likeness (QED) is 0.829. The number of aryl methyl sites for hydroxylation is 1. The SMILES string of the molecule is Cc1noc(Cl)c1CCC(=O)N[C@H](C)C(=O)O. The topological polar surface area (TPSA) is 92.4 Å². The van der Waals surface area contributed by atoms with E-state index in [1.807, 2.05) is 0 Å². The van der Waals surface area contributed by atoms with Crippen LogP contribution >= 0.6 is 11.6 Å². The minimum atomic E-state index is -1.07. The molecule has 17 heavy (non-hydrogen) atoms. The molecule has 2 N–H and O–H groups in total. The van der Waals surface area contributed by atoms with Gasteiger partial charge in [0, 0.05) is 12.0 Å². The number of rotatable bonds is 5. The van der Waals surface area contributed by atoms with E-state index in [2.05, 4.69) is 10.5 Å². The van der Waals surface area contributed by atoms with Crippen LogP contribution in [0.2, 0.25) is 5.22 Å². The molecule has 0 spiro atoms. The Labute approximate surface area is 103 Å². The number of hydrogen-bond acceptors (Lipinski definition) is 4. The van der Waals surface area contributed by atoms with Crippen molar-refractivity contribution in [2.45, 2.75) is 32.7 Å². The molecule has 0 aromatic carbocycles. The molecule has 0 bridgehead atoms. The van der Waals surface area contributed by atoms with E-state index in [0.717, 1.165) is 0 Å². The van der Waals surface area contributed by atoms with Crippen LogP contribution in [-0.4, -0.2) is 28.2 Å². The zero-order chi connectivity index (χ0) is 13.0. The minimum absolute atomic E-state index is 0.138. The highest BCUT2D eigenvalue weighted by molar-refractivity contribution is 6.29. The van der Waals surface area contributed by atoms with Crippen LogP contribution in [0, 0.1) is 6.92 Å². The van der Waals surface area contributed by atoms with E-state index in [1.54, 1.807) is 6.92 Å². The van der Waals surface area contributed by atoms with Gasteiger partial charge < -0.3 is 14.9 Å². The molecular formula is C10H13ClN2O4. The number of aliphatic carboxylic acids is 1. The number of aromatic nitrogens is 1. The molecule has 0 saturated heterocycles. The summed E-state index contributed by atoms with van der Waals surface area (Å²) in [5, 5.41) is 14.8. The second-order valence-electron chi connectivity index (χ2n) is 3.65. The highest BCUT2D eigenvalue weighted by Crippen LogP contribution is 2.20. The van der Waals surface area contributed by atoms with Gasteiger partial charge in [-0.25, -0.2) is 0 Å². The van der Waals surface area contributed by atoms with E-state index in [4.69, 9.17) is 21.2 Å². The first kappa shape index (κ1) is 13.5. The van der Waals surface area contributed by atoms with Gasteiger partial charge in [-0.05, 0) is 31.9 Å². The number of carbonyl (C=O) groups is 2. The lowest BCUT2D eigenvalue weighted by atomic mass is 10.1. The summed E-state index contributed by atoms with van der Waals surface area (Å²) in [5.74, 6) is -1.42. The summed E-state index contributed by atoms with van der Waals surface area (Å²) in [5.41, 5.74) is 1.30. The third-order valence-electron chi connectivity index (χ3n) is 2.29. The second kappa shape index (κ2) is 5.67. The van der Waals surface area contributed by atoms with Crippen LogP contribution in [0.5, 0.6) is 0 Å².